The van der Waals surface area contributed by atoms with Crippen LogP contribution in [0.1, 0.15) is 96.4 Å². The van der Waals surface area contributed by atoms with Crippen LogP contribution in [0.5, 0.6) is 0 Å². The summed E-state index contributed by atoms with van der Waals surface area (Å²) in [5, 5.41) is 0. The summed E-state index contributed by atoms with van der Waals surface area (Å²) >= 11 is 0. The predicted octanol–water partition coefficient (Wildman–Crippen LogP) is 5.64. The molecule has 1 aromatic rings. The molecular formula is C19H34N2. The van der Waals surface area contributed by atoms with Crippen LogP contribution >= 0.6 is 0 Å². The average molecular weight is 290 g/mol. The number of unbranched alkanes of at least 4 members (excludes halogenated alkanes) is 4. The fraction of sp³-hybridized carbons (Fsp3) is 0.842. The van der Waals surface area contributed by atoms with E-state index in [9.17, 15) is 0 Å². The molecule has 0 saturated heterocycles. The second kappa shape index (κ2) is 8.00. The molecule has 0 fully saturated rings. The fourth-order valence-electron chi connectivity index (χ4n) is 3.79. The second-order valence-electron chi connectivity index (χ2n) is 7.13. The van der Waals surface area contributed by atoms with Crippen LogP contribution in [0, 0.1) is 0 Å². The summed E-state index contributed by atoms with van der Waals surface area (Å²) in [6.07, 6.45) is 18.0. The van der Waals surface area contributed by atoms with Crippen LogP contribution in [0.25, 0.3) is 0 Å². The van der Waals surface area contributed by atoms with Gasteiger partial charge in [0, 0.05) is 11.2 Å². The van der Waals surface area contributed by atoms with Crippen molar-refractivity contribution in [3.8, 4) is 0 Å². The van der Waals surface area contributed by atoms with Crippen molar-refractivity contribution in [2.24, 2.45) is 0 Å². The number of nitrogens with zero attached hydrogens (tertiary/aromatic N) is 2. The molecule has 0 aliphatic heterocycles. The summed E-state index contributed by atoms with van der Waals surface area (Å²) in [7, 11) is 0. The zero-order chi connectivity index (χ0) is 15.1. The van der Waals surface area contributed by atoms with E-state index in [4.69, 9.17) is 4.98 Å². The Labute approximate surface area is 131 Å². The molecule has 0 amide bonds. The van der Waals surface area contributed by atoms with Gasteiger partial charge in [-0.2, -0.15) is 0 Å². The Morgan fingerprint density at radius 3 is 2.48 bits per heavy atom. The SMILES string of the molecule is CCCCCCC(C)(CCCC)n1cnc2c1CCCC2. The monoisotopic (exact) mass is 290 g/mol. The molecule has 0 N–H and O–H groups in total. The third-order valence-electron chi connectivity index (χ3n) is 5.25. The molecule has 1 aliphatic carbocycles. The van der Waals surface area contributed by atoms with E-state index in [0.29, 0.717) is 5.54 Å². The smallest absolute Gasteiger partial charge is 0.0956 e. The first-order valence-electron chi connectivity index (χ1n) is 9.27. The molecule has 1 heterocycles. The van der Waals surface area contributed by atoms with Gasteiger partial charge in [0.25, 0.3) is 0 Å². The van der Waals surface area contributed by atoms with E-state index in [0.717, 1.165) is 0 Å². The van der Waals surface area contributed by atoms with Gasteiger partial charge in [0.2, 0.25) is 0 Å². The Bertz CT molecular complexity index is 421. The van der Waals surface area contributed by atoms with E-state index < -0.39 is 0 Å². The van der Waals surface area contributed by atoms with Crippen LogP contribution < -0.4 is 0 Å². The lowest BCUT2D eigenvalue weighted by Gasteiger charge is -2.34. The Morgan fingerprint density at radius 1 is 1.00 bits per heavy atom. The van der Waals surface area contributed by atoms with Gasteiger partial charge in [-0.05, 0) is 45.4 Å². The summed E-state index contributed by atoms with van der Waals surface area (Å²) in [6.45, 7) is 7.08. The van der Waals surface area contributed by atoms with Gasteiger partial charge in [-0.1, -0.05) is 52.4 Å². The molecule has 21 heavy (non-hydrogen) atoms. The highest BCUT2D eigenvalue weighted by atomic mass is 15.1. The average Bonchev–Trinajstić information content (AvgIpc) is 2.94. The first kappa shape index (κ1) is 16.6. The third-order valence-corrected chi connectivity index (χ3v) is 5.25. The maximum absolute atomic E-state index is 4.74. The summed E-state index contributed by atoms with van der Waals surface area (Å²) in [4.78, 5) is 4.74. The van der Waals surface area contributed by atoms with Gasteiger partial charge < -0.3 is 4.57 Å². The maximum atomic E-state index is 4.74. The van der Waals surface area contributed by atoms with E-state index in [1.807, 2.05) is 0 Å². The lowest BCUT2D eigenvalue weighted by Crippen LogP contribution is -2.32. The van der Waals surface area contributed by atoms with Crippen molar-refractivity contribution in [2.75, 3.05) is 0 Å². The number of rotatable bonds is 9. The lowest BCUT2D eigenvalue weighted by atomic mass is 9.87. The predicted molar refractivity (Wildman–Crippen MR) is 90.8 cm³/mol. The van der Waals surface area contributed by atoms with Crippen molar-refractivity contribution in [3.05, 3.63) is 17.7 Å². The number of hydrogen-bond acceptors (Lipinski definition) is 1. The Morgan fingerprint density at radius 2 is 1.71 bits per heavy atom. The number of hydrogen-bond donors (Lipinski definition) is 0. The highest BCUT2D eigenvalue weighted by Crippen LogP contribution is 2.34. The van der Waals surface area contributed by atoms with Gasteiger partial charge in [-0.25, -0.2) is 4.98 Å². The van der Waals surface area contributed by atoms with Gasteiger partial charge >= 0.3 is 0 Å². The quantitative estimate of drug-likeness (QED) is 0.538. The first-order valence-corrected chi connectivity index (χ1v) is 9.27. The molecule has 1 unspecified atom stereocenters. The summed E-state index contributed by atoms with van der Waals surface area (Å²) in [5.74, 6) is 0. The standard InChI is InChI=1S/C19H34N2/c1-4-6-8-11-15-19(3,14-7-5-2)21-16-20-17-12-9-10-13-18(17)21/h16H,4-15H2,1-3H3. The lowest BCUT2D eigenvalue weighted by molar-refractivity contribution is 0.245. The molecule has 0 aromatic carbocycles. The van der Waals surface area contributed by atoms with Crippen molar-refractivity contribution in [3.63, 3.8) is 0 Å². The van der Waals surface area contributed by atoms with E-state index in [-0.39, 0.29) is 0 Å². The van der Waals surface area contributed by atoms with Crippen LogP contribution in [0.4, 0.5) is 0 Å². The van der Waals surface area contributed by atoms with Gasteiger partial charge in [0.05, 0.1) is 12.0 Å². The van der Waals surface area contributed by atoms with Crippen molar-refractivity contribution in [2.45, 2.75) is 103 Å². The molecule has 1 aromatic heterocycles. The molecular weight excluding hydrogens is 256 g/mol. The maximum Gasteiger partial charge on any atom is 0.0956 e. The molecule has 0 radical (unpaired) electrons. The van der Waals surface area contributed by atoms with E-state index in [2.05, 4.69) is 31.7 Å². The number of aromatic nitrogens is 2. The van der Waals surface area contributed by atoms with Crippen molar-refractivity contribution < 1.29 is 0 Å². The zero-order valence-electron chi connectivity index (χ0n) is 14.5. The molecule has 1 aliphatic rings. The molecule has 2 nitrogen and oxygen atoms in total. The summed E-state index contributed by atoms with van der Waals surface area (Å²) < 4.78 is 2.57. The highest BCUT2D eigenvalue weighted by Gasteiger charge is 2.29. The van der Waals surface area contributed by atoms with E-state index in [1.165, 1.54) is 82.7 Å². The molecule has 0 bridgehead atoms. The van der Waals surface area contributed by atoms with Crippen LogP contribution in [-0.2, 0) is 18.4 Å². The second-order valence-corrected chi connectivity index (χ2v) is 7.13. The number of imidazole rings is 1. The number of fused-ring (bicyclic) bond motifs is 1. The zero-order valence-corrected chi connectivity index (χ0v) is 14.5. The first-order chi connectivity index (χ1) is 10.2. The molecule has 0 saturated carbocycles. The number of aryl methyl sites for hydroxylation is 1. The van der Waals surface area contributed by atoms with E-state index in [1.54, 1.807) is 5.69 Å². The molecule has 120 valence electrons. The molecule has 2 rings (SSSR count). The summed E-state index contributed by atoms with van der Waals surface area (Å²) in [5.41, 5.74) is 3.23. The molecule has 1 atom stereocenters. The Kier molecular flexibility index (Phi) is 6.32. The minimum atomic E-state index is 0.293. The van der Waals surface area contributed by atoms with Gasteiger partial charge in [0.1, 0.15) is 0 Å². The largest absolute Gasteiger partial charge is 0.328 e. The minimum Gasteiger partial charge on any atom is -0.328 e. The van der Waals surface area contributed by atoms with Gasteiger partial charge in [0.15, 0.2) is 0 Å². The van der Waals surface area contributed by atoms with Crippen LogP contribution in [-0.4, -0.2) is 9.55 Å². The highest BCUT2D eigenvalue weighted by molar-refractivity contribution is 5.18. The van der Waals surface area contributed by atoms with Crippen LogP contribution in [0.15, 0.2) is 6.33 Å². The fourth-order valence-corrected chi connectivity index (χ4v) is 3.79. The normalized spacial score (nSPS) is 17.5. The van der Waals surface area contributed by atoms with E-state index >= 15 is 0 Å². The van der Waals surface area contributed by atoms with Crippen molar-refractivity contribution >= 4 is 0 Å². The summed E-state index contributed by atoms with van der Waals surface area (Å²) in [6, 6.07) is 0. The topological polar surface area (TPSA) is 17.8 Å². The molecule has 0 spiro atoms. The van der Waals surface area contributed by atoms with Crippen LogP contribution in [0.2, 0.25) is 0 Å². The molecule has 2 heteroatoms. The van der Waals surface area contributed by atoms with Crippen molar-refractivity contribution in [1.82, 2.24) is 9.55 Å². The Hall–Kier alpha value is -0.790. The van der Waals surface area contributed by atoms with Crippen LogP contribution in [0.3, 0.4) is 0 Å². The Balaban J connectivity index is 2.12. The van der Waals surface area contributed by atoms with Crippen molar-refractivity contribution in [1.29, 1.82) is 0 Å². The van der Waals surface area contributed by atoms with Gasteiger partial charge in [-0.15, -0.1) is 0 Å². The van der Waals surface area contributed by atoms with Gasteiger partial charge in [-0.3, -0.25) is 0 Å². The third kappa shape index (κ3) is 4.11. The minimum absolute atomic E-state index is 0.293.